The van der Waals surface area contributed by atoms with E-state index < -0.39 is 0 Å². The minimum Gasteiger partial charge on any atom is -0.496 e. The van der Waals surface area contributed by atoms with E-state index in [4.69, 9.17) is 9.47 Å². The molecule has 0 amide bonds. The van der Waals surface area contributed by atoms with Gasteiger partial charge < -0.3 is 14.0 Å². The SMILES string of the molecule is COC(=O)c1ccc(-n2cc(C#N)c(-c3ccccc3OC)c2)cc1. The molecule has 0 N–H and O–H groups in total. The highest BCUT2D eigenvalue weighted by atomic mass is 16.5. The van der Waals surface area contributed by atoms with Crippen molar-refractivity contribution in [1.82, 2.24) is 4.57 Å². The minimum atomic E-state index is -0.383. The van der Waals surface area contributed by atoms with Crippen LogP contribution in [0, 0.1) is 11.3 Å². The van der Waals surface area contributed by atoms with Crippen LogP contribution in [0.15, 0.2) is 60.9 Å². The van der Waals surface area contributed by atoms with Gasteiger partial charge in [-0.05, 0) is 30.3 Å². The molecule has 25 heavy (non-hydrogen) atoms. The van der Waals surface area contributed by atoms with E-state index in [0.29, 0.717) is 16.9 Å². The van der Waals surface area contributed by atoms with Crippen LogP contribution in [-0.4, -0.2) is 24.8 Å². The molecule has 0 aliphatic carbocycles. The quantitative estimate of drug-likeness (QED) is 0.682. The Morgan fingerprint density at radius 1 is 1.00 bits per heavy atom. The number of hydrogen-bond acceptors (Lipinski definition) is 4. The second-order valence-corrected chi connectivity index (χ2v) is 5.34. The zero-order valence-corrected chi connectivity index (χ0v) is 13.9. The lowest BCUT2D eigenvalue weighted by Gasteiger charge is -2.07. The van der Waals surface area contributed by atoms with Crippen LogP contribution in [-0.2, 0) is 4.74 Å². The van der Waals surface area contributed by atoms with E-state index in [1.54, 1.807) is 37.6 Å². The van der Waals surface area contributed by atoms with Crippen molar-refractivity contribution in [1.29, 1.82) is 5.26 Å². The minimum absolute atomic E-state index is 0.383. The van der Waals surface area contributed by atoms with Crippen LogP contribution in [0.2, 0.25) is 0 Å². The summed E-state index contributed by atoms with van der Waals surface area (Å²) in [6.45, 7) is 0. The van der Waals surface area contributed by atoms with Gasteiger partial charge in [0.2, 0.25) is 0 Å². The Bertz CT molecular complexity index is 950. The van der Waals surface area contributed by atoms with Gasteiger partial charge in [-0.15, -0.1) is 0 Å². The second kappa shape index (κ2) is 6.93. The number of methoxy groups -OCH3 is 2. The smallest absolute Gasteiger partial charge is 0.337 e. The topological polar surface area (TPSA) is 64.2 Å². The van der Waals surface area contributed by atoms with Crippen molar-refractivity contribution in [2.45, 2.75) is 0 Å². The summed E-state index contributed by atoms with van der Waals surface area (Å²) < 4.78 is 12.0. The molecule has 3 rings (SSSR count). The Balaban J connectivity index is 2.04. The van der Waals surface area contributed by atoms with Crippen molar-refractivity contribution in [3.63, 3.8) is 0 Å². The summed E-state index contributed by atoms with van der Waals surface area (Å²) in [6, 6.07) is 16.8. The van der Waals surface area contributed by atoms with Crippen molar-refractivity contribution in [2.75, 3.05) is 14.2 Å². The predicted molar refractivity (Wildman–Crippen MR) is 93.8 cm³/mol. The third-order valence-electron chi connectivity index (χ3n) is 3.93. The van der Waals surface area contributed by atoms with Crippen molar-refractivity contribution in [2.24, 2.45) is 0 Å². The number of nitrogens with zero attached hydrogens (tertiary/aromatic N) is 2. The summed E-state index contributed by atoms with van der Waals surface area (Å²) in [4.78, 5) is 11.5. The Labute approximate surface area is 145 Å². The maximum atomic E-state index is 11.5. The largest absolute Gasteiger partial charge is 0.496 e. The molecule has 0 unspecified atom stereocenters. The van der Waals surface area contributed by atoms with Gasteiger partial charge in [0.05, 0.1) is 25.3 Å². The first-order valence-corrected chi connectivity index (χ1v) is 7.62. The van der Waals surface area contributed by atoms with Gasteiger partial charge in [-0.3, -0.25) is 0 Å². The van der Waals surface area contributed by atoms with Gasteiger partial charge in [0.1, 0.15) is 11.8 Å². The first-order chi connectivity index (χ1) is 12.2. The molecule has 0 atom stereocenters. The number of rotatable bonds is 4. The van der Waals surface area contributed by atoms with E-state index in [0.717, 1.165) is 16.8 Å². The fourth-order valence-corrected chi connectivity index (χ4v) is 2.66. The number of carbonyl (C=O) groups is 1. The van der Waals surface area contributed by atoms with Crippen molar-refractivity contribution in [3.05, 3.63) is 72.1 Å². The Hall–Kier alpha value is -3.52. The molecule has 0 aliphatic rings. The third-order valence-corrected chi connectivity index (χ3v) is 3.93. The van der Waals surface area contributed by atoms with Gasteiger partial charge in [-0.25, -0.2) is 4.79 Å². The number of para-hydroxylation sites is 1. The van der Waals surface area contributed by atoms with Gasteiger partial charge >= 0.3 is 5.97 Å². The Morgan fingerprint density at radius 3 is 2.36 bits per heavy atom. The predicted octanol–water partition coefficient (Wildman–Crippen LogP) is 3.81. The highest BCUT2D eigenvalue weighted by Gasteiger charge is 2.14. The number of nitriles is 1. The number of esters is 1. The second-order valence-electron chi connectivity index (χ2n) is 5.34. The lowest BCUT2D eigenvalue weighted by Crippen LogP contribution is -2.01. The molecule has 5 heteroatoms. The summed E-state index contributed by atoms with van der Waals surface area (Å²) in [5, 5.41) is 9.49. The third kappa shape index (κ3) is 3.10. The van der Waals surface area contributed by atoms with E-state index in [1.165, 1.54) is 7.11 Å². The molecule has 2 aromatic carbocycles. The van der Waals surface area contributed by atoms with Crippen LogP contribution >= 0.6 is 0 Å². The molecule has 0 aliphatic heterocycles. The van der Waals surface area contributed by atoms with Gasteiger partial charge in [-0.1, -0.05) is 18.2 Å². The Morgan fingerprint density at radius 2 is 1.72 bits per heavy atom. The zero-order valence-electron chi connectivity index (χ0n) is 13.9. The molecule has 0 spiro atoms. The number of hydrogen-bond donors (Lipinski definition) is 0. The zero-order chi connectivity index (χ0) is 17.8. The van der Waals surface area contributed by atoms with Gasteiger partial charge in [0.15, 0.2) is 0 Å². The van der Waals surface area contributed by atoms with Gasteiger partial charge in [-0.2, -0.15) is 5.26 Å². The van der Waals surface area contributed by atoms with E-state index >= 15 is 0 Å². The van der Waals surface area contributed by atoms with E-state index in [2.05, 4.69) is 6.07 Å². The highest BCUT2D eigenvalue weighted by Crippen LogP contribution is 2.33. The summed E-state index contributed by atoms with van der Waals surface area (Å²) in [6.07, 6.45) is 3.64. The maximum absolute atomic E-state index is 11.5. The van der Waals surface area contributed by atoms with E-state index in [9.17, 15) is 10.1 Å². The summed E-state index contributed by atoms with van der Waals surface area (Å²) in [7, 11) is 2.95. The highest BCUT2D eigenvalue weighted by molar-refractivity contribution is 5.89. The van der Waals surface area contributed by atoms with E-state index in [-0.39, 0.29) is 5.97 Å². The number of aromatic nitrogens is 1. The monoisotopic (exact) mass is 332 g/mol. The fraction of sp³-hybridized carbons (Fsp3) is 0.100. The van der Waals surface area contributed by atoms with Crippen LogP contribution in [0.4, 0.5) is 0 Å². The molecule has 5 nitrogen and oxygen atoms in total. The Kier molecular flexibility index (Phi) is 4.53. The van der Waals surface area contributed by atoms with Crippen LogP contribution in [0.25, 0.3) is 16.8 Å². The number of ether oxygens (including phenoxy) is 2. The molecule has 124 valence electrons. The summed E-state index contributed by atoms with van der Waals surface area (Å²) >= 11 is 0. The van der Waals surface area contributed by atoms with E-state index in [1.807, 2.05) is 35.0 Å². The van der Waals surface area contributed by atoms with Crippen molar-refractivity contribution < 1.29 is 14.3 Å². The molecule has 1 aromatic heterocycles. The molecule has 0 saturated carbocycles. The average molecular weight is 332 g/mol. The standard InChI is InChI=1S/C20H16N2O3/c1-24-19-6-4-3-5-17(19)18-13-22(12-15(18)11-21)16-9-7-14(8-10-16)20(23)25-2/h3-10,12-13H,1-2H3. The lowest BCUT2D eigenvalue weighted by molar-refractivity contribution is 0.0601. The molecule has 0 radical (unpaired) electrons. The molecule has 0 fully saturated rings. The number of benzene rings is 2. The van der Waals surface area contributed by atoms with Crippen molar-refractivity contribution >= 4 is 5.97 Å². The molecular weight excluding hydrogens is 316 g/mol. The molecule has 3 aromatic rings. The first-order valence-electron chi connectivity index (χ1n) is 7.62. The first kappa shape index (κ1) is 16.3. The normalized spacial score (nSPS) is 10.1. The number of carbonyl (C=O) groups excluding carboxylic acids is 1. The molecule has 0 bridgehead atoms. The maximum Gasteiger partial charge on any atom is 0.337 e. The van der Waals surface area contributed by atoms with Crippen LogP contribution in [0.5, 0.6) is 5.75 Å². The van der Waals surface area contributed by atoms with Gasteiger partial charge in [0.25, 0.3) is 0 Å². The van der Waals surface area contributed by atoms with Gasteiger partial charge in [0, 0.05) is 29.2 Å². The molecular formula is C20H16N2O3. The lowest BCUT2D eigenvalue weighted by atomic mass is 10.0. The fourth-order valence-electron chi connectivity index (χ4n) is 2.66. The van der Waals surface area contributed by atoms with Crippen LogP contribution in [0.1, 0.15) is 15.9 Å². The molecule has 1 heterocycles. The summed E-state index contributed by atoms with van der Waals surface area (Å²) in [5.41, 5.74) is 3.50. The van der Waals surface area contributed by atoms with Crippen LogP contribution < -0.4 is 4.74 Å². The van der Waals surface area contributed by atoms with Crippen LogP contribution in [0.3, 0.4) is 0 Å². The summed E-state index contributed by atoms with van der Waals surface area (Å²) in [5.74, 6) is 0.323. The average Bonchev–Trinajstić information content (AvgIpc) is 3.11. The molecule has 0 saturated heterocycles. The van der Waals surface area contributed by atoms with Crippen molar-refractivity contribution in [3.8, 4) is 28.6 Å².